The van der Waals surface area contributed by atoms with Crippen LogP contribution in [0, 0.1) is 0 Å². The van der Waals surface area contributed by atoms with Crippen molar-refractivity contribution in [1.29, 1.82) is 0 Å². The van der Waals surface area contributed by atoms with Crippen molar-refractivity contribution in [1.82, 2.24) is 9.97 Å². The number of H-pyrrole nitrogens is 1. The smallest absolute Gasteiger partial charge is 0.197 e. The van der Waals surface area contributed by atoms with Crippen molar-refractivity contribution in [2.24, 2.45) is 0 Å². The lowest BCUT2D eigenvalue weighted by Crippen LogP contribution is -1.95. The molecule has 0 aliphatic rings. The summed E-state index contributed by atoms with van der Waals surface area (Å²) in [5.41, 5.74) is 9.66. The molecule has 0 fully saturated rings. The van der Waals surface area contributed by atoms with Crippen molar-refractivity contribution in [3.05, 3.63) is 47.3 Å². The molecule has 0 spiro atoms. The van der Waals surface area contributed by atoms with Crippen LogP contribution < -0.4 is 5.73 Å². The zero-order valence-corrected chi connectivity index (χ0v) is 13.1. The van der Waals surface area contributed by atoms with Crippen LogP contribution in [-0.2, 0) is 19.3 Å². The van der Waals surface area contributed by atoms with Gasteiger partial charge in [-0.15, -0.1) is 0 Å². The molecule has 1 aromatic carbocycles. The van der Waals surface area contributed by atoms with Crippen LogP contribution >= 0.6 is 0 Å². The molecular formula is C18H27N3. The minimum absolute atomic E-state index is 0.570. The topological polar surface area (TPSA) is 54.7 Å². The van der Waals surface area contributed by atoms with Crippen molar-refractivity contribution in [2.45, 2.75) is 58.3 Å². The zero-order chi connectivity index (χ0) is 14.9. The van der Waals surface area contributed by atoms with Gasteiger partial charge in [0.1, 0.15) is 0 Å². The van der Waals surface area contributed by atoms with Gasteiger partial charge in [0.25, 0.3) is 0 Å². The van der Waals surface area contributed by atoms with Crippen LogP contribution in [0.15, 0.2) is 30.3 Å². The van der Waals surface area contributed by atoms with Crippen molar-refractivity contribution in [2.75, 3.05) is 5.73 Å². The predicted molar refractivity (Wildman–Crippen MR) is 89.3 cm³/mol. The molecule has 114 valence electrons. The van der Waals surface area contributed by atoms with Gasteiger partial charge in [-0.1, -0.05) is 50.1 Å². The molecule has 0 aliphatic carbocycles. The van der Waals surface area contributed by atoms with E-state index in [0.717, 1.165) is 12.8 Å². The van der Waals surface area contributed by atoms with Gasteiger partial charge in [-0.3, -0.25) is 0 Å². The fraction of sp³-hybridized carbons (Fsp3) is 0.500. The van der Waals surface area contributed by atoms with Gasteiger partial charge in [0.2, 0.25) is 0 Å². The van der Waals surface area contributed by atoms with Gasteiger partial charge in [-0.2, -0.15) is 0 Å². The monoisotopic (exact) mass is 285 g/mol. The maximum atomic E-state index is 5.79. The third kappa shape index (κ3) is 5.25. The number of anilines is 1. The number of benzene rings is 1. The van der Waals surface area contributed by atoms with E-state index in [2.05, 4.69) is 47.2 Å². The number of imidazole rings is 1. The summed E-state index contributed by atoms with van der Waals surface area (Å²) >= 11 is 0. The first-order valence-corrected chi connectivity index (χ1v) is 8.16. The first kappa shape index (κ1) is 15.6. The lowest BCUT2D eigenvalue weighted by Gasteiger charge is -2.03. The Hall–Kier alpha value is -1.77. The fourth-order valence-corrected chi connectivity index (χ4v) is 2.68. The second-order valence-corrected chi connectivity index (χ2v) is 5.70. The molecule has 0 saturated heterocycles. The average Bonchev–Trinajstić information content (AvgIpc) is 2.86. The van der Waals surface area contributed by atoms with Gasteiger partial charge < -0.3 is 10.7 Å². The van der Waals surface area contributed by atoms with E-state index in [-0.39, 0.29) is 0 Å². The van der Waals surface area contributed by atoms with Crippen LogP contribution in [0.3, 0.4) is 0 Å². The van der Waals surface area contributed by atoms with Crippen LogP contribution in [0.4, 0.5) is 5.95 Å². The molecular weight excluding hydrogens is 258 g/mol. The lowest BCUT2D eigenvalue weighted by molar-refractivity contribution is 0.666. The highest BCUT2D eigenvalue weighted by Gasteiger charge is 2.07. The zero-order valence-electron chi connectivity index (χ0n) is 13.1. The Morgan fingerprint density at radius 3 is 2.48 bits per heavy atom. The highest BCUT2D eigenvalue weighted by atomic mass is 15.0. The molecule has 2 rings (SSSR count). The third-order valence-corrected chi connectivity index (χ3v) is 3.88. The molecule has 0 atom stereocenters. The molecule has 0 unspecified atom stereocenters. The summed E-state index contributed by atoms with van der Waals surface area (Å²) in [6.07, 6.45) is 9.37. The number of rotatable bonds is 9. The Balaban J connectivity index is 1.71. The quantitative estimate of drug-likeness (QED) is 0.675. The summed E-state index contributed by atoms with van der Waals surface area (Å²) in [6, 6.07) is 10.7. The van der Waals surface area contributed by atoms with E-state index in [1.165, 1.54) is 55.5 Å². The molecule has 0 bridgehead atoms. The highest BCUT2D eigenvalue weighted by Crippen LogP contribution is 2.15. The highest BCUT2D eigenvalue weighted by molar-refractivity contribution is 5.26. The number of hydrogen-bond acceptors (Lipinski definition) is 2. The number of nitrogens with one attached hydrogen (secondary N) is 1. The predicted octanol–water partition coefficient (Wildman–Crippen LogP) is 4.29. The van der Waals surface area contributed by atoms with Crippen LogP contribution in [0.25, 0.3) is 0 Å². The summed E-state index contributed by atoms with van der Waals surface area (Å²) in [5.74, 6) is 0.570. The van der Waals surface area contributed by atoms with Gasteiger partial charge in [0.15, 0.2) is 5.95 Å². The first-order chi connectivity index (χ1) is 10.3. The summed E-state index contributed by atoms with van der Waals surface area (Å²) in [6.45, 7) is 2.21. The number of unbranched alkanes of at least 4 members (excludes halogenated alkanes) is 3. The van der Waals surface area contributed by atoms with E-state index >= 15 is 0 Å². The normalized spacial score (nSPS) is 10.9. The number of hydrogen-bond donors (Lipinski definition) is 2. The Bertz CT molecular complexity index is 517. The van der Waals surface area contributed by atoms with Crippen molar-refractivity contribution >= 4 is 5.95 Å². The number of aryl methyl sites for hydroxylation is 3. The Kier molecular flexibility index (Phi) is 6.32. The van der Waals surface area contributed by atoms with Crippen LogP contribution in [0.2, 0.25) is 0 Å². The number of nitrogens with zero attached hydrogens (tertiary/aromatic N) is 1. The number of nitrogens with two attached hydrogens (primary N) is 1. The standard InChI is InChI=1S/C18H27N3/c1-2-3-13-16-17(21-18(19)20-16)14-9-5-8-12-15-10-6-4-7-11-15/h4,6-7,10-11H,2-3,5,8-9,12-14H2,1H3,(H3,19,20,21). The van der Waals surface area contributed by atoms with E-state index in [9.17, 15) is 0 Å². The molecule has 21 heavy (non-hydrogen) atoms. The molecule has 1 heterocycles. The minimum atomic E-state index is 0.570. The maximum Gasteiger partial charge on any atom is 0.197 e. The van der Waals surface area contributed by atoms with Crippen LogP contribution in [0.5, 0.6) is 0 Å². The Morgan fingerprint density at radius 2 is 1.71 bits per heavy atom. The Labute approximate surface area is 128 Å². The van der Waals surface area contributed by atoms with E-state index in [1.807, 2.05) is 0 Å². The fourth-order valence-electron chi connectivity index (χ4n) is 2.68. The lowest BCUT2D eigenvalue weighted by atomic mass is 10.0. The number of aromatic amines is 1. The molecule has 3 nitrogen and oxygen atoms in total. The maximum absolute atomic E-state index is 5.79. The SMILES string of the molecule is CCCCc1nc(N)[nH]c1CCCCCc1ccccc1. The van der Waals surface area contributed by atoms with Crippen LogP contribution in [-0.4, -0.2) is 9.97 Å². The van der Waals surface area contributed by atoms with E-state index in [1.54, 1.807) is 0 Å². The summed E-state index contributed by atoms with van der Waals surface area (Å²) in [4.78, 5) is 7.65. The number of aromatic nitrogens is 2. The van der Waals surface area contributed by atoms with Gasteiger partial charge in [0.05, 0.1) is 5.69 Å². The molecule has 0 amide bonds. The molecule has 0 aliphatic heterocycles. The third-order valence-electron chi connectivity index (χ3n) is 3.88. The summed E-state index contributed by atoms with van der Waals surface area (Å²) in [7, 11) is 0. The summed E-state index contributed by atoms with van der Waals surface area (Å²) < 4.78 is 0. The van der Waals surface area contributed by atoms with E-state index in [0.29, 0.717) is 5.95 Å². The van der Waals surface area contributed by atoms with E-state index < -0.39 is 0 Å². The van der Waals surface area contributed by atoms with Gasteiger partial charge in [-0.05, 0) is 44.1 Å². The first-order valence-electron chi connectivity index (χ1n) is 8.16. The molecule has 2 aromatic rings. The van der Waals surface area contributed by atoms with Gasteiger partial charge >= 0.3 is 0 Å². The summed E-state index contributed by atoms with van der Waals surface area (Å²) in [5, 5.41) is 0. The molecule has 1 aromatic heterocycles. The Morgan fingerprint density at radius 1 is 0.952 bits per heavy atom. The second-order valence-electron chi connectivity index (χ2n) is 5.70. The van der Waals surface area contributed by atoms with Crippen molar-refractivity contribution < 1.29 is 0 Å². The minimum Gasteiger partial charge on any atom is -0.369 e. The molecule has 3 N–H and O–H groups in total. The molecule has 0 radical (unpaired) electrons. The van der Waals surface area contributed by atoms with Gasteiger partial charge in [0, 0.05) is 5.69 Å². The van der Waals surface area contributed by atoms with Crippen molar-refractivity contribution in [3.63, 3.8) is 0 Å². The molecule has 0 saturated carbocycles. The number of nitrogen functional groups attached to an aromatic ring is 1. The van der Waals surface area contributed by atoms with Crippen molar-refractivity contribution in [3.8, 4) is 0 Å². The average molecular weight is 285 g/mol. The molecule has 3 heteroatoms. The largest absolute Gasteiger partial charge is 0.369 e. The van der Waals surface area contributed by atoms with Gasteiger partial charge in [-0.25, -0.2) is 4.98 Å². The second kappa shape index (κ2) is 8.50. The van der Waals surface area contributed by atoms with Crippen LogP contribution in [0.1, 0.15) is 56.0 Å². The van der Waals surface area contributed by atoms with E-state index in [4.69, 9.17) is 5.73 Å².